The molecule has 1 atom stereocenters. The summed E-state index contributed by atoms with van der Waals surface area (Å²) >= 11 is 0. The zero-order valence-electron chi connectivity index (χ0n) is 14.1. The van der Waals surface area contributed by atoms with Crippen molar-refractivity contribution in [2.45, 2.75) is 16.9 Å². The van der Waals surface area contributed by atoms with Gasteiger partial charge in [0.2, 0.25) is 6.19 Å². The molecule has 2 aromatic rings. The smallest absolute Gasteiger partial charge is 0.350 e. The second-order valence-corrected chi connectivity index (χ2v) is 7.11. The number of nitriles is 1. The summed E-state index contributed by atoms with van der Waals surface area (Å²) in [5, 5.41) is 8.73. The number of nitrogen functional groups attached to an aromatic ring is 1. The monoisotopic (exact) mass is 387 g/mol. The molecule has 9 nitrogen and oxygen atoms in total. The van der Waals surface area contributed by atoms with E-state index >= 15 is 0 Å². The van der Waals surface area contributed by atoms with Gasteiger partial charge < -0.3 is 21.4 Å². The van der Waals surface area contributed by atoms with Crippen LogP contribution in [0.15, 0.2) is 64.5 Å². The van der Waals surface area contributed by atoms with E-state index in [1.165, 1.54) is 30.5 Å². The van der Waals surface area contributed by atoms with Gasteiger partial charge in [-0.15, -0.1) is 0 Å². The van der Waals surface area contributed by atoms with Crippen molar-refractivity contribution in [3.05, 3.63) is 60.2 Å². The lowest BCUT2D eigenvalue weighted by molar-refractivity contribution is -0.137. The highest BCUT2D eigenvalue weighted by Crippen LogP contribution is 2.22. The van der Waals surface area contributed by atoms with Crippen molar-refractivity contribution in [2.24, 2.45) is 16.5 Å². The lowest BCUT2D eigenvalue weighted by atomic mass is 9.90. The van der Waals surface area contributed by atoms with Crippen molar-refractivity contribution in [3.63, 3.8) is 0 Å². The fraction of sp³-hybridized carbons (Fsp3) is 0.118. The second kappa shape index (κ2) is 7.86. The van der Waals surface area contributed by atoms with E-state index in [0.717, 1.165) is 0 Å². The number of hydrogen-bond acceptors (Lipinski definition) is 8. The number of nitrogens with zero attached hydrogens (tertiary/aromatic N) is 2. The number of hydrogen-bond donors (Lipinski definition) is 3. The Morgan fingerprint density at radius 2 is 1.74 bits per heavy atom. The molecule has 0 saturated carbocycles. The third-order valence-electron chi connectivity index (χ3n) is 3.69. The van der Waals surface area contributed by atoms with Gasteiger partial charge in [-0.25, -0.2) is 4.79 Å². The van der Waals surface area contributed by atoms with Gasteiger partial charge in [-0.3, -0.25) is 0 Å². The molecule has 0 aromatic heterocycles. The van der Waals surface area contributed by atoms with Gasteiger partial charge >= 0.3 is 16.1 Å². The first kappa shape index (κ1) is 19.9. The van der Waals surface area contributed by atoms with Crippen LogP contribution in [0.2, 0.25) is 0 Å². The predicted octanol–water partition coefficient (Wildman–Crippen LogP) is 0.279. The molecule has 2 aromatic carbocycles. The number of benzene rings is 2. The third kappa shape index (κ3) is 4.41. The first-order valence-corrected chi connectivity index (χ1v) is 9.00. The number of anilines is 1. The minimum absolute atomic E-state index is 0.102. The molecule has 0 fully saturated rings. The molecular weight excluding hydrogens is 370 g/mol. The van der Waals surface area contributed by atoms with Crippen molar-refractivity contribution >= 4 is 27.6 Å². The fourth-order valence-electron chi connectivity index (χ4n) is 2.27. The Morgan fingerprint density at radius 1 is 1.15 bits per heavy atom. The van der Waals surface area contributed by atoms with Gasteiger partial charge in [0, 0.05) is 6.42 Å². The Hall–Kier alpha value is -3.42. The summed E-state index contributed by atoms with van der Waals surface area (Å²) in [6, 6.07) is 13.9. The SMILES string of the molecule is N#CN=C(N)C(N)(Cc1ccccc1)C(=O)OS(=O)(=O)c1ccccc1N. The van der Waals surface area contributed by atoms with Gasteiger partial charge in [0.1, 0.15) is 10.7 Å². The molecule has 0 aliphatic carbocycles. The van der Waals surface area contributed by atoms with Crippen molar-refractivity contribution in [1.29, 1.82) is 5.26 Å². The topological polar surface area (TPSA) is 175 Å². The minimum Gasteiger partial charge on any atom is -0.398 e. The Bertz CT molecular complexity index is 1020. The number of para-hydroxylation sites is 1. The summed E-state index contributed by atoms with van der Waals surface area (Å²) in [7, 11) is -4.56. The van der Waals surface area contributed by atoms with Crippen LogP contribution in [0, 0.1) is 11.5 Å². The number of carbonyl (C=O) groups excluding carboxylic acids is 1. The molecule has 2 rings (SSSR count). The minimum atomic E-state index is -4.56. The largest absolute Gasteiger partial charge is 0.398 e. The zero-order chi connectivity index (χ0) is 20.1. The van der Waals surface area contributed by atoms with Crippen LogP contribution in [-0.4, -0.2) is 25.8 Å². The normalized spacial score (nSPS) is 14.0. The van der Waals surface area contributed by atoms with Crippen LogP contribution in [0.25, 0.3) is 0 Å². The Labute approximate surface area is 156 Å². The summed E-state index contributed by atoms with van der Waals surface area (Å²) in [6.07, 6.45) is 1.19. The Morgan fingerprint density at radius 3 is 2.33 bits per heavy atom. The van der Waals surface area contributed by atoms with Crippen LogP contribution < -0.4 is 17.2 Å². The number of carbonyl (C=O) groups is 1. The first-order valence-electron chi connectivity index (χ1n) is 7.59. The maximum absolute atomic E-state index is 12.6. The maximum atomic E-state index is 12.6. The highest BCUT2D eigenvalue weighted by Gasteiger charge is 2.43. The van der Waals surface area contributed by atoms with Gasteiger partial charge in [-0.2, -0.15) is 18.7 Å². The van der Waals surface area contributed by atoms with Crippen molar-refractivity contribution in [3.8, 4) is 6.19 Å². The third-order valence-corrected chi connectivity index (χ3v) is 4.97. The average Bonchev–Trinajstić information content (AvgIpc) is 2.62. The van der Waals surface area contributed by atoms with Crippen LogP contribution in [0.5, 0.6) is 0 Å². The molecule has 10 heteroatoms. The summed E-state index contributed by atoms with van der Waals surface area (Å²) in [4.78, 5) is 15.5. The van der Waals surface area contributed by atoms with Crippen LogP contribution in [0.4, 0.5) is 5.69 Å². The number of amidine groups is 1. The summed E-state index contributed by atoms with van der Waals surface area (Å²) in [5.74, 6) is -1.96. The standard InChI is InChI=1S/C17H17N5O4S/c18-11-22-15(20)17(21,10-12-6-2-1-3-7-12)16(23)26-27(24,25)14-9-5-4-8-13(14)19/h1-9H,10,19,21H2,(H2,20,22). The van der Waals surface area contributed by atoms with E-state index in [4.69, 9.17) is 22.5 Å². The average molecular weight is 387 g/mol. The molecule has 0 heterocycles. The number of nitrogens with two attached hydrogens (primary N) is 3. The Balaban J connectivity index is 2.41. The predicted molar refractivity (Wildman–Crippen MR) is 98.4 cm³/mol. The highest BCUT2D eigenvalue weighted by molar-refractivity contribution is 7.87. The molecule has 0 saturated heterocycles. The summed E-state index contributed by atoms with van der Waals surface area (Å²) < 4.78 is 29.5. The Kier molecular flexibility index (Phi) is 5.79. The lowest BCUT2D eigenvalue weighted by Crippen LogP contribution is -2.60. The van der Waals surface area contributed by atoms with Crippen molar-refractivity contribution in [2.75, 3.05) is 5.73 Å². The van der Waals surface area contributed by atoms with Gasteiger partial charge in [-0.1, -0.05) is 42.5 Å². The zero-order valence-corrected chi connectivity index (χ0v) is 14.9. The molecule has 6 N–H and O–H groups in total. The van der Waals surface area contributed by atoms with Crippen LogP contribution >= 0.6 is 0 Å². The molecule has 0 aliphatic heterocycles. The van der Waals surface area contributed by atoms with Crippen LogP contribution in [0.1, 0.15) is 5.56 Å². The lowest BCUT2D eigenvalue weighted by Gasteiger charge is -2.25. The van der Waals surface area contributed by atoms with E-state index in [2.05, 4.69) is 9.18 Å². The molecular formula is C17H17N5O4S. The second-order valence-electron chi connectivity index (χ2n) is 5.59. The molecule has 0 radical (unpaired) electrons. The van der Waals surface area contributed by atoms with Gasteiger partial charge in [0.05, 0.1) is 5.69 Å². The molecule has 27 heavy (non-hydrogen) atoms. The first-order chi connectivity index (χ1) is 12.7. The highest BCUT2D eigenvalue weighted by atomic mass is 32.2. The van der Waals surface area contributed by atoms with Gasteiger partial charge in [-0.05, 0) is 17.7 Å². The molecule has 0 amide bonds. The van der Waals surface area contributed by atoms with Crippen molar-refractivity contribution < 1.29 is 17.4 Å². The quantitative estimate of drug-likeness (QED) is 0.208. The van der Waals surface area contributed by atoms with Gasteiger partial charge in [0.15, 0.2) is 5.54 Å². The van der Waals surface area contributed by atoms with Crippen LogP contribution in [0.3, 0.4) is 0 Å². The molecule has 0 spiro atoms. The summed E-state index contributed by atoms with van der Waals surface area (Å²) in [6.45, 7) is 0. The van der Waals surface area contributed by atoms with E-state index in [0.29, 0.717) is 5.56 Å². The van der Waals surface area contributed by atoms with Crippen LogP contribution in [-0.2, 0) is 25.5 Å². The van der Waals surface area contributed by atoms with E-state index in [1.54, 1.807) is 30.3 Å². The van der Waals surface area contributed by atoms with E-state index in [9.17, 15) is 13.2 Å². The fourth-order valence-corrected chi connectivity index (χ4v) is 3.31. The van der Waals surface area contributed by atoms with E-state index in [1.807, 2.05) is 0 Å². The van der Waals surface area contributed by atoms with Gasteiger partial charge in [0.25, 0.3) is 0 Å². The number of rotatable bonds is 6. The molecule has 0 bridgehead atoms. The number of aliphatic imine (C=N–C) groups is 1. The molecule has 140 valence electrons. The summed E-state index contributed by atoms with van der Waals surface area (Å²) in [5.41, 5.74) is 15.6. The molecule has 0 aliphatic rings. The molecule has 1 unspecified atom stereocenters. The maximum Gasteiger partial charge on any atom is 0.350 e. The van der Waals surface area contributed by atoms with E-state index in [-0.39, 0.29) is 12.1 Å². The van der Waals surface area contributed by atoms with E-state index < -0.39 is 32.4 Å². The van der Waals surface area contributed by atoms with Crippen molar-refractivity contribution in [1.82, 2.24) is 0 Å².